The maximum Gasteiger partial charge on any atom is 0.0236 e. The molecule has 0 aliphatic heterocycles. The molecule has 1 aromatic rings. The molecule has 112 valence electrons. The van der Waals surface area contributed by atoms with Gasteiger partial charge in [0, 0.05) is 25.2 Å². The van der Waals surface area contributed by atoms with Crippen LogP contribution in [0, 0.1) is 0 Å². The van der Waals surface area contributed by atoms with Gasteiger partial charge in [-0.3, -0.25) is 4.90 Å². The molecule has 0 saturated heterocycles. The molecule has 20 heavy (non-hydrogen) atoms. The van der Waals surface area contributed by atoms with Crippen LogP contribution in [-0.4, -0.2) is 23.5 Å². The predicted octanol–water partition coefficient (Wildman–Crippen LogP) is 3.95. The Hall–Kier alpha value is -0.860. The third kappa shape index (κ3) is 5.26. The van der Waals surface area contributed by atoms with Crippen molar-refractivity contribution in [3.8, 4) is 0 Å². The molecule has 0 radical (unpaired) electrons. The molecule has 1 aliphatic rings. The highest BCUT2D eigenvalue weighted by molar-refractivity contribution is 5.22. The van der Waals surface area contributed by atoms with Gasteiger partial charge in [0.2, 0.25) is 0 Å². The molecule has 1 aromatic carbocycles. The van der Waals surface area contributed by atoms with Crippen molar-refractivity contribution >= 4 is 0 Å². The first-order valence-electron chi connectivity index (χ1n) is 8.24. The van der Waals surface area contributed by atoms with Gasteiger partial charge in [0.05, 0.1) is 0 Å². The van der Waals surface area contributed by atoms with Gasteiger partial charge in [-0.15, -0.1) is 0 Å². The van der Waals surface area contributed by atoms with Crippen LogP contribution >= 0.6 is 0 Å². The zero-order valence-electron chi connectivity index (χ0n) is 13.4. The number of nitrogens with one attached hydrogen (secondary N) is 1. The van der Waals surface area contributed by atoms with Crippen molar-refractivity contribution in [2.24, 2.45) is 0 Å². The maximum absolute atomic E-state index is 3.47. The molecule has 2 rings (SSSR count). The van der Waals surface area contributed by atoms with Crippen LogP contribution in [0.5, 0.6) is 0 Å². The van der Waals surface area contributed by atoms with Crippen molar-refractivity contribution in [3.63, 3.8) is 0 Å². The van der Waals surface area contributed by atoms with E-state index in [0.717, 1.165) is 19.1 Å². The minimum atomic E-state index is 0.550. The Morgan fingerprint density at radius 1 is 1.15 bits per heavy atom. The highest BCUT2D eigenvalue weighted by Gasteiger charge is 2.28. The quantitative estimate of drug-likeness (QED) is 0.733. The standard InChI is InChI=1S/C18H30N2/c1-4-5-12-20(18-10-11-18)14-17-8-6-16(7-9-17)13-19-15(2)3/h6-9,15,18-19H,4-5,10-14H2,1-3H3. The summed E-state index contributed by atoms with van der Waals surface area (Å²) in [5, 5.41) is 3.47. The molecule has 2 nitrogen and oxygen atoms in total. The van der Waals surface area contributed by atoms with Gasteiger partial charge in [0.15, 0.2) is 0 Å². The lowest BCUT2D eigenvalue weighted by Crippen LogP contribution is -2.26. The SMILES string of the molecule is CCCCN(Cc1ccc(CNC(C)C)cc1)C1CC1. The molecule has 0 amide bonds. The summed E-state index contributed by atoms with van der Waals surface area (Å²) in [5.74, 6) is 0. The van der Waals surface area contributed by atoms with Gasteiger partial charge < -0.3 is 5.32 Å². The van der Waals surface area contributed by atoms with Gasteiger partial charge in [-0.05, 0) is 36.9 Å². The van der Waals surface area contributed by atoms with E-state index in [-0.39, 0.29) is 0 Å². The summed E-state index contributed by atoms with van der Waals surface area (Å²) in [6.07, 6.45) is 5.43. The summed E-state index contributed by atoms with van der Waals surface area (Å²) in [7, 11) is 0. The van der Waals surface area contributed by atoms with Gasteiger partial charge in [-0.1, -0.05) is 51.5 Å². The predicted molar refractivity (Wildman–Crippen MR) is 86.8 cm³/mol. The smallest absolute Gasteiger partial charge is 0.0236 e. The van der Waals surface area contributed by atoms with Crippen molar-refractivity contribution in [3.05, 3.63) is 35.4 Å². The van der Waals surface area contributed by atoms with Crippen molar-refractivity contribution in [2.45, 2.75) is 71.6 Å². The van der Waals surface area contributed by atoms with E-state index in [2.05, 4.69) is 55.3 Å². The Kier molecular flexibility index (Phi) is 6.06. The Bertz CT molecular complexity index is 379. The summed E-state index contributed by atoms with van der Waals surface area (Å²) in [5.41, 5.74) is 2.84. The first-order chi connectivity index (χ1) is 9.69. The van der Waals surface area contributed by atoms with E-state index >= 15 is 0 Å². The number of rotatable bonds is 9. The number of unbranched alkanes of at least 4 members (excludes halogenated alkanes) is 1. The van der Waals surface area contributed by atoms with Crippen LogP contribution in [0.1, 0.15) is 57.6 Å². The second kappa shape index (κ2) is 7.80. The van der Waals surface area contributed by atoms with E-state index in [4.69, 9.17) is 0 Å². The first kappa shape index (κ1) is 15.5. The van der Waals surface area contributed by atoms with E-state index in [1.165, 1.54) is 43.4 Å². The summed E-state index contributed by atoms with van der Waals surface area (Å²) < 4.78 is 0. The number of hydrogen-bond donors (Lipinski definition) is 1. The summed E-state index contributed by atoms with van der Waals surface area (Å²) in [6, 6.07) is 10.6. The summed E-state index contributed by atoms with van der Waals surface area (Å²) in [4.78, 5) is 2.67. The van der Waals surface area contributed by atoms with Crippen LogP contribution in [0.25, 0.3) is 0 Å². The minimum Gasteiger partial charge on any atom is -0.310 e. The third-order valence-electron chi connectivity index (χ3n) is 3.99. The summed E-state index contributed by atoms with van der Waals surface area (Å²) in [6.45, 7) is 10.0. The van der Waals surface area contributed by atoms with Crippen molar-refractivity contribution in [1.82, 2.24) is 10.2 Å². The lowest BCUT2D eigenvalue weighted by molar-refractivity contribution is 0.250. The van der Waals surface area contributed by atoms with E-state index in [0.29, 0.717) is 6.04 Å². The molecule has 0 bridgehead atoms. The number of benzene rings is 1. The molecule has 1 fully saturated rings. The van der Waals surface area contributed by atoms with E-state index in [1.54, 1.807) is 0 Å². The molecule has 0 aromatic heterocycles. The van der Waals surface area contributed by atoms with Crippen LogP contribution in [0.2, 0.25) is 0 Å². The fourth-order valence-electron chi connectivity index (χ4n) is 2.51. The average Bonchev–Trinajstić information content (AvgIpc) is 3.27. The normalized spacial score (nSPS) is 15.2. The van der Waals surface area contributed by atoms with Gasteiger partial charge in [-0.2, -0.15) is 0 Å². The molecule has 1 aliphatic carbocycles. The molecule has 1 N–H and O–H groups in total. The zero-order valence-corrected chi connectivity index (χ0v) is 13.4. The molecule has 1 saturated carbocycles. The largest absolute Gasteiger partial charge is 0.310 e. The lowest BCUT2D eigenvalue weighted by atomic mass is 10.1. The van der Waals surface area contributed by atoms with Gasteiger partial charge in [-0.25, -0.2) is 0 Å². The molecular weight excluding hydrogens is 244 g/mol. The fourth-order valence-corrected chi connectivity index (χ4v) is 2.51. The molecule has 0 heterocycles. The van der Waals surface area contributed by atoms with Gasteiger partial charge in [0.1, 0.15) is 0 Å². The van der Waals surface area contributed by atoms with Crippen LogP contribution < -0.4 is 5.32 Å². The monoisotopic (exact) mass is 274 g/mol. The topological polar surface area (TPSA) is 15.3 Å². The van der Waals surface area contributed by atoms with Gasteiger partial charge >= 0.3 is 0 Å². The highest BCUT2D eigenvalue weighted by Crippen LogP contribution is 2.28. The fraction of sp³-hybridized carbons (Fsp3) is 0.667. The second-order valence-corrected chi connectivity index (χ2v) is 6.41. The van der Waals surface area contributed by atoms with Crippen molar-refractivity contribution < 1.29 is 0 Å². The molecule has 2 heteroatoms. The molecular formula is C18H30N2. The number of nitrogens with zero attached hydrogens (tertiary/aromatic N) is 1. The lowest BCUT2D eigenvalue weighted by Gasteiger charge is -2.22. The van der Waals surface area contributed by atoms with E-state index in [1.807, 2.05) is 0 Å². The Labute approximate surface area is 124 Å². The van der Waals surface area contributed by atoms with E-state index < -0.39 is 0 Å². The Morgan fingerprint density at radius 3 is 2.35 bits per heavy atom. The summed E-state index contributed by atoms with van der Waals surface area (Å²) >= 11 is 0. The molecule has 0 unspecified atom stereocenters. The number of hydrogen-bond acceptors (Lipinski definition) is 2. The maximum atomic E-state index is 3.47. The third-order valence-corrected chi connectivity index (χ3v) is 3.99. The first-order valence-corrected chi connectivity index (χ1v) is 8.24. The molecule has 0 spiro atoms. The highest BCUT2D eigenvalue weighted by atomic mass is 15.2. The minimum absolute atomic E-state index is 0.550. The van der Waals surface area contributed by atoms with Crippen molar-refractivity contribution in [2.75, 3.05) is 6.54 Å². The Morgan fingerprint density at radius 2 is 1.80 bits per heavy atom. The van der Waals surface area contributed by atoms with Crippen LogP contribution in [0.15, 0.2) is 24.3 Å². The van der Waals surface area contributed by atoms with Crippen LogP contribution in [-0.2, 0) is 13.1 Å². The van der Waals surface area contributed by atoms with Gasteiger partial charge in [0.25, 0.3) is 0 Å². The van der Waals surface area contributed by atoms with E-state index in [9.17, 15) is 0 Å². The zero-order chi connectivity index (χ0) is 14.4. The molecule has 0 atom stereocenters. The Balaban J connectivity index is 1.85. The van der Waals surface area contributed by atoms with Crippen molar-refractivity contribution in [1.29, 1.82) is 0 Å². The van der Waals surface area contributed by atoms with Crippen LogP contribution in [0.3, 0.4) is 0 Å². The average molecular weight is 274 g/mol. The van der Waals surface area contributed by atoms with Crippen LogP contribution in [0.4, 0.5) is 0 Å². The second-order valence-electron chi connectivity index (χ2n) is 6.41.